The maximum Gasteiger partial charge on any atom is 0.417 e. The summed E-state index contributed by atoms with van der Waals surface area (Å²) in [5.74, 6) is -4.83. The van der Waals surface area contributed by atoms with Gasteiger partial charge in [0.25, 0.3) is 0 Å². The zero-order valence-corrected chi connectivity index (χ0v) is 16.9. The van der Waals surface area contributed by atoms with Crippen LogP contribution in [0, 0.1) is 0 Å². The lowest BCUT2D eigenvalue weighted by Gasteiger charge is -2.21. The topological polar surface area (TPSA) is 60.4 Å². The number of rotatable bonds is 5. The van der Waals surface area contributed by atoms with Gasteiger partial charge >= 0.3 is 18.3 Å². The number of ether oxygens (including phenoxy) is 1. The standard InChI is InChI=1S/C19H14F6O3.H3OP/c1-2-28-17(27)14(11-7-4-3-5-8-11)16(26)15-12(18(20,21)22)9-6-10-13(15)19(23,24)25;1-2/h3-10,14H,2H2,1H3;2H3. The Hall–Kier alpha value is -2.61. The molecule has 0 radical (unpaired) electrons. The molecule has 0 fully saturated rings. The molecule has 2 aromatic rings. The zero-order valence-electron chi connectivity index (χ0n) is 15.5. The van der Waals surface area contributed by atoms with Crippen molar-refractivity contribution in [1.82, 2.24) is 0 Å². The normalized spacial score (nSPS) is 12.5. The number of ketones is 1. The molecule has 4 nitrogen and oxygen atoms in total. The van der Waals surface area contributed by atoms with Crippen LogP contribution in [0.2, 0.25) is 0 Å². The second kappa shape index (κ2) is 10.4. The van der Waals surface area contributed by atoms with Crippen molar-refractivity contribution in [2.24, 2.45) is 0 Å². The minimum Gasteiger partial charge on any atom is -0.465 e. The molecule has 2 atom stereocenters. The number of hydrogen-bond acceptors (Lipinski definition) is 4. The van der Waals surface area contributed by atoms with Gasteiger partial charge in [-0.15, -0.1) is 0 Å². The smallest absolute Gasteiger partial charge is 0.417 e. The van der Waals surface area contributed by atoms with Gasteiger partial charge in [-0.1, -0.05) is 36.4 Å². The summed E-state index contributed by atoms with van der Waals surface area (Å²) in [6.07, 6.45) is -10.5. The van der Waals surface area contributed by atoms with E-state index in [2.05, 4.69) is 0 Å². The van der Waals surface area contributed by atoms with Crippen molar-refractivity contribution in [3.8, 4) is 0 Å². The van der Waals surface area contributed by atoms with E-state index >= 15 is 0 Å². The van der Waals surface area contributed by atoms with E-state index in [1.807, 2.05) is 0 Å². The highest BCUT2D eigenvalue weighted by Crippen LogP contribution is 2.41. The second-order valence-electron chi connectivity index (χ2n) is 5.68. The van der Waals surface area contributed by atoms with Crippen molar-refractivity contribution in [3.05, 3.63) is 70.8 Å². The first kappa shape index (κ1) is 25.4. The molecule has 0 aliphatic rings. The van der Waals surface area contributed by atoms with Crippen LogP contribution in [-0.4, -0.2) is 18.4 Å². The van der Waals surface area contributed by atoms with Gasteiger partial charge in [0.2, 0.25) is 0 Å². The lowest BCUT2D eigenvalue weighted by atomic mass is 9.85. The average Bonchev–Trinajstić information content (AvgIpc) is 2.69. The Morgan fingerprint density at radius 3 is 1.73 bits per heavy atom. The Bertz CT molecular complexity index is 849. The van der Waals surface area contributed by atoms with E-state index in [4.69, 9.17) is 9.30 Å². The van der Waals surface area contributed by atoms with Gasteiger partial charge < -0.3 is 9.30 Å². The second-order valence-corrected chi connectivity index (χ2v) is 5.68. The molecule has 0 amide bonds. The molecule has 0 N–H and O–H groups in total. The Labute approximate surface area is 169 Å². The largest absolute Gasteiger partial charge is 0.465 e. The number of carbonyl (C=O) groups is 2. The third kappa shape index (κ3) is 5.95. The highest BCUT2D eigenvalue weighted by Gasteiger charge is 2.45. The summed E-state index contributed by atoms with van der Waals surface area (Å²) < 4.78 is 93.1. The molecule has 2 unspecified atom stereocenters. The van der Waals surface area contributed by atoms with Crippen molar-refractivity contribution >= 4 is 20.9 Å². The molecular formula is C19H17F6O4P. The minimum atomic E-state index is -5.23. The first-order valence-electron chi connectivity index (χ1n) is 8.30. The molecule has 0 spiro atoms. The summed E-state index contributed by atoms with van der Waals surface area (Å²) >= 11 is 0. The molecule has 164 valence electrons. The molecular weight excluding hydrogens is 437 g/mol. The van der Waals surface area contributed by atoms with Crippen LogP contribution in [0.3, 0.4) is 0 Å². The molecule has 11 heteroatoms. The molecule has 0 aliphatic carbocycles. The Morgan fingerprint density at radius 1 is 0.867 bits per heavy atom. The molecule has 0 bridgehead atoms. The summed E-state index contributed by atoms with van der Waals surface area (Å²) in [6.45, 7) is 1.19. The van der Waals surface area contributed by atoms with Crippen molar-refractivity contribution in [2.75, 3.05) is 6.61 Å². The van der Waals surface area contributed by atoms with Crippen LogP contribution in [-0.2, 0) is 26.4 Å². The monoisotopic (exact) mass is 454 g/mol. The van der Waals surface area contributed by atoms with Crippen LogP contribution in [0.1, 0.15) is 39.9 Å². The van der Waals surface area contributed by atoms with E-state index < -0.39 is 46.7 Å². The van der Waals surface area contributed by atoms with E-state index in [1.54, 1.807) is 0 Å². The predicted octanol–water partition coefficient (Wildman–Crippen LogP) is 5.19. The molecule has 0 aliphatic heterocycles. The number of halogens is 6. The highest BCUT2D eigenvalue weighted by atomic mass is 31.0. The van der Waals surface area contributed by atoms with Crippen LogP contribution < -0.4 is 0 Å². The minimum absolute atomic E-state index is 0.0731. The Balaban J connectivity index is 0.00000218. The molecule has 2 aromatic carbocycles. The first-order chi connectivity index (χ1) is 14.0. The zero-order chi connectivity index (χ0) is 23.1. The van der Waals surface area contributed by atoms with Gasteiger partial charge in [0.15, 0.2) is 5.78 Å². The fraction of sp³-hybridized carbons (Fsp3) is 0.263. The van der Waals surface area contributed by atoms with Crippen LogP contribution in [0.5, 0.6) is 0 Å². The maximum atomic E-state index is 13.4. The number of hydrogen-bond donors (Lipinski definition) is 0. The number of esters is 1. The number of carbonyl (C=O) groups excluding carboxylic acids is 2. The third-order valence-corrected chi connectivity index (χ3v) is 3.84. The van der Waals surface area contributed by atoms with Gasteiger partial charge in [0.1, 0.15) is 5.92 Å². The van der Waals surface area contributed by atoms with Crippen LogP contribution in [0.4, 0.5) is 26.3 Å². The van der Waals surface area contributed by atoms with Crippen molar-refractivity contribution in [3.63, 3.8) is 0 Å². The Kier molecular flexibility index (Phi) is 8.84. The molecule has 0 saturated carbocycles. The van der Waals surface area contributed by atoms with E-state index in [9.17, 15) is 35.9 Å². The van der Waals surface area contributed by atoms with Crippen LogP contribution in [0.25, 0.3) is 0 Å². The van der Waals surface area contributed by atoms with E-state index in [1.165, 1.54) is 37.3 Å². The van der Waals surface area contributed by atoms with Gasteiger partial charge in [0, 0.05) is 5.56 Å². The SMILES string of the molecule is CCOC(=O)C(C(=O)c1c(C(F)(F)F)cccc1C(F)(F)F)c1ccccc1.O=[PH3]. The Morgan fingerprint density at radius 2 is 1.33 bits per heavy atom. The summed E-state index contributed by atoms with van der Waals surface area (Å²) in [5, 5.41) is 0. The van der Waals surface area contributed by atoms with Crippen LogP contribution >= 0.6 is 9.12 Å². The van der Waals surface area contributed by atoms with Gasteiger partial charge in [-0.3, -0.25) is 9.59 Å². The maximum absolute atomic E-state index is 13.4. The van der Waals surface area contributed by atoms with Crippen molar-refractivity contribution in [2.45, 2.75) is 25.2 Å². The molecule has 2 rings (SSSR count). The highest BCUT2D eigenvalue weighted by molar-refractivity contribution is 7.00. The lowest BCUT2D eigenvalue weighted by molar-refractivity contribution is -0.146. The summed E-state index contributed by atoms with van der Waals surface area (Å²) in [6, 6.07) is 8.12. The van der Waals surface area contributed by atoms with Crippen molar-refractivity contribution in [1.29, 1.82) is 0 Å². The molecule has 0 aromatic heterocycles. The molecule has 0 heterocycles. The number of benzene rings is 2. The van der Waals surface area contributed by atoms with Gasteiger partial charge in [-0.25, -0.2) is 0 Å². The number of alkyl halides is 6. The van der Waals surface area contributed by atoms with Gasteiger partial charge in [-0.05, 0) is 24.6 Å². The van der Waals surface area contributed by atoms with E-state index in [0.717, 1.165) is 0 Å². The fourth-order valence-electron chi connectivity index (χ4n) is 2.70. The third-order valence-electron chi connectivity index (χ3n) is 3.84. The first-order valence-corrected chi connectivity index (χ1v) is 8.88. The average molecular weight is 454 g/mol. The molecule has 30 heavy (non-hydrogen) atoms. The van der Waals surface area contributed by atoms with Gasteiger partial charge in [0.05, 0.1) is 26.9 Å². The quantitative estimate of drug-likeness (QED) is 0.205. The van der Waals surface area contributed by atoms with E-state index in [0.29, 0.717) is 27.3 Å². The fourth-order valence-corrected chi connectivity index (χ4v) is 2.70. The van der Waals surface area contributed by atoms with Crippen LogP contribution in [0.15, 0.2) is 48.5 Å². The van der Waals surface area contributed by atoms with Crippen molar-refractivity contribution < 1.29 is 45.2 Å². The predicted molar refractivity (Wildman–Crippen MR) is 98.4 cm³/mol. The molecule has 0 saturated heterocycles. The summed E-state index contributed by atoms with van der Waals surface area (Å²) in [4.78, 5) is 25.2. The summed E-state index contributed by atoms with van der Waals surface area (Å²) in [5.41, 5.74) is -5.21. The lowest BCUT2D eigenvalue weighted by Crippen LogP contribution is -2.29. The number of Topliss-reactive ketones (excluding diaryl/α,β-unsaturated/α-hetero) is 1. The van der Waals surface area contributed by atoms with E-state index in [-0.39, 0.29) is 12.2 Å². The summed E-state index contributed by atoms with van der Waals surface area (Å²) in [7, 11) is 0.611. The van der Waals surface area contributed by atoms with Gasteiger partial charge in [-0.2, -0.15) is 26.3 Å².